The van der Waals surface area contributed by atoms with Crippen molar-refractivity contribution in [3.8, 4) is 0 Å². The van der Waals surface area contributed by atoms with Gasteiger partial charge in [0.1, 0.15) is 0 Å². The molecule has 0 unspecified atom stereocenters. The number of pyridine rings is 1. The van der Waals surface area contributed by atoms with Crippen molar-refractivity contribution < 1.29 is 9.90 Å². The molecular formula is C16H16N2O2. The third-order valence-corrected chi connectivity index (χ3v) is 3.63. The van der Waals surface area contributed by atoms with Crippen LogP contribution in [0.4, 0.5) is 0 Å². The second-order valence-electron chi connectivity index (χ2n) is 5.05. The molecule has 0 saturated heterocycles. The molecule has 2 N–H and O–H groups in total. The summed E-state index contributed by atoms with van der Waals surface area (Å²) in [6.07, 6.45) is 3.68. The van der Waals surface area contributed by atoms with Crippen LogP contribution in [0.25, 0.3) is 0 Å². The molecule has 2 aromatic rings. The highest BCUT2D eigenvalue weighted by Gasteiger charge is 2.31. The van der Waals surface area contributed by atoms with Crippen molar-refractivity contribution in [3.63, 3.8) is 0 Å². The zero-order chi connectivity index (χ0) is 13.9. The third-order valence-electron chi connectivity index (χ3n) is 3.63. The van der Waals surface area contributed by atoms with Crippen molar-refractivity contribution in [2.24, 2.45) is 0 Å². The van der Waals surface area contributed by atoms with E-state index in [9.17, 15) is 9.90 Å². The minimum Gasteiger partial charge on any atom is -0.390 e. The monoisotopic (exact) mass is 268 g/mol. The highest BCUT2D eigenvalue weighted by Crippen LogP contribution is 2.31. The maximum Gasteiger partial charge on any atom is 0.224 e. The number of rotatable bonds is 3. The van der Waals surface area contributed by atoms with Gasteiger partial charge < -0.3 is 10.4 Å². The van der Waals surface area contributed by atoms with Crippen molar-refractivity contribution >= 4 is 5.91 Å². The minimum absolute atomic E-state index is 0.0862. The van der Waals surface area contributed by atoms with E-state index in [1.807, 2.05) is 36.4 Å². The van der Waals surface area contributed by atoms with Crippen molar-refractivity contribution in [1.29, 1.82) is 0 Å². The summed E-state index contributed by atoms with van der Waals surface area (Å²) < 4.78 is 0. The predicted molar refractivity (Wildman–Crippen MR) is 75.0 cm³/mol. The van der Waals surface area contributed by atoms with E-state index in [4.69, 9.17) is 0 Å². The van der Waals surface area contributed by atoms with E-state index >= 15 is 0 Å². The molecule has 4 heteroatoms. The lowest BCUT2D eigenvalue weighted by Gasteiger charge is -2.18. The van der Waals surface area contributed by atoms with Gasteiger partial charge in [0.25, 0.3) is 0 Å². The highest BCUT2D eigenvalue weighted by molar-refractivity contribution is 5.79. The molecule has 2 atom stereocenters. The Labute approximate surface area is 117 Å². The topological polar surface area (TPSA) is 62.2 Å². The molecule has 1 amide bonds. The summed E-state index contributed by atoms with van der Waals surface area (Å²) in [5.41, 5.74) is 3.04. The molecule has 0 radical (unpaired) electrons. The number of aliphatic hydroxyl groups excluding tert-OH is 1. The number of amides is 1. The summed E-state index contributed by atoms with van der Waals surface area (Å²) >= 11 is 0. The number of hydrogen-bond donors (Lipinski definition) is 2. The maximum absolute atomic E-state index is 12.1. The molecule has 102 valence electrons. The quantitative estimate of drug-likeness (QED) is 0.884. The molecule has 1 aliphatic rings. The van der Waals surface area contributed by atoms with Gasteiger partial charge in [-0.25, -0.2) is 0 Å². The number of fused-ring (bicyclic) bond motifs is 1. The minimum atomic E-state index is -0.547. The van der Waals surface area contributed by atoms with Crippen LogP contribution in [0, 0.1) is 0 Å². The number of nitrogens with zero attached hydrogens (tertiary/aromatic N) is 1. The fourth-order valence-corrected chi connectivity index (χ4v) is 2.66. The Balaban J connectivity index is 1.70. The molecule has 0 spiro atoms. The predicted octanol–water partition coefficient (Wildman–Crippen LogP) is 1.40. The first kappa shape index (κ1) is 12.8. The molecule has 0 fully saturated rings. The van der Waals surface area contributed by atoms with E-state index in [-0.39, 0.29) is 11.9 Å². The second-order valence-corrected chi connectivity index (χ2v) is 5.05. The van der Waals surface area contributed by atoms with Gasteiger partial charge in [-0.1, -0.05) is 24.3 Å². The lowest BCUT2D eigenvalue weighted by Crippen LogP contribution is -2.34. The normalized spacial score (nSPS) is 20.4. The van der Waals surface area contributed by atoms with Crippen molar-refractivity contribution in [3.05, 3.63) is 65.5 Å². The van der Waals surface area contributed by atoms with Crippen LogP contribution in [-0.2, 0) is 17.6 Å². The van der Waals surface area contributed by atoms with Crippen LogP contribution < -0.4 is 5.32 Å². The maximum atomic E-state index is 12.1. The van der Waals surface area contributed by atoms with Gasteiger partial charge in [0, 0.05) is 18.8 Å². The average Bonchev–Trinajstić information content (AvgIpc) is 2.76. The summed E-state index contributed by atoms with van der Waals surface area (Å²) in [5.74, 6) is -0.0862. The molecule has 4 nitrogen and oxygen atoms in total. The van der Waals surface area contributed by atoms with Crippen LogP contribution in [0.5, 0.6) is 0 Å². The summed E-state index contributed by atoms with van der Waals surface area (Å²) in [6.45, 7) is 0. The van der Waals surface area contributed by atoms with E-state index in [1.165, 1.54) is 0 Å². The Kier molecular flexibility index (Phi) is 3.48. The molecular weight excluding hydrogens is 252 g/mol. The molecule has 1 aromatic carbocycles. The van der Waals surface area contributed by atoms with Crippen LogP contribution in [0.15, 0.2) is 48.8 Å². The molecule has 3 rings (SSSR count). The fourth-order valence-electron chi connectivity index (χ4n) is 2.66. The smallest absolute Gasteiger partial charge is 0.224 e. The van der Waals surface area contributed by atoms with Gasteiger partial charge in [-0.2, -0.15) is 0 Å². The number of aliphatic hydroxyl groups is 1. The SMILES string of the molecule is O=C(Cc1ccncc1)N[C@H]1c2ccccc2C[C@H]1O. The van der Waals surface area contributed by atoms with Gasteiger partial charge in [-0.15, -0.1) is 0 Å². The van der Waals surface area contributed by atoms with Crippen molar-refractivity contribution in [1.82, 2.24) is 10.3 Å². The van der Waals surface area contributed by atoms with Crippen LogP contribution in [0.3, 0.4) is 0 Å². The van der Waals surface area contributed by atoms with E-state index in [1.54, 1.807) is 12.4 Å². The number of carbonyl (C=O) groups excluding carboxylic acids is 1. The molecule has 20 heavy (non-hydrogen) atoms. The van der Waals surface area contributed by atoms with E-state index in [2.05, 4.69) is 10.3 Å². The summed E-state index contributed by atoms with van der Waals surface area (Å²) in [4.78, 5) is 16.0. The Bertz CT molecular complexity index is 613. The van der Waals surface area contributed by atoms with Crippen molar-refractivity contribution in [2.45, 2.75) is 25.0 Å². The van der Waals surface area contributed by atoms with Gasteiger partial charge in [0.05, 0.1) is 18.6 Å². The molecule has 0 saturated carbocycles. The summed E-state index contributed by atoms with van der Waals surface area (Å²) in [7, 11) is 0. The highest BCUT2D eigenvalue weighted by atomic mass is 16.3. The number of carbonyl (C=O) groups is 1. The first-order valence-corrected chi connectivity index (χ1v) is 6.68. The standard InChI is InChI=1S/C16H16N2O2/c19-14-10-12-3-1-2-4-13(12)16(14)18-15(20)9-11-5-7-17-8-6-11/h1-8,14,16,19H,9-10H2,(H,18,20)/t14-,16+/m1/s1. The van der Waals surface area contributed by atoms with Gasteiger partial charge in [0.2, 0.25) is 5.91 Å². The van der Waals surface area contributed by atoms with Gasteiger partial charge >= 0.3 is 0 Å². The zero-order valence-corrected chi connectivity index (χ0v) is 11.0. The first-order valence-electron chi connectivity index (χ1n) is 6.68. The largest absolute Gasteiger partial charge is 0.390 e. The van der Waals surface area contributed by atoms with Crippen LogP contribution in [0.2, 0.25) is 0 Å². The Hall–Kier alpha value is -2.20. The first-order chi connectivity index (χ1) is 9.74. The molecule has 1 aromatic heterocycles. The van der Waals surface area contributed by atoms with Crippen LogP contribution in [-0.4, -0.2) is 22.1 Å². The Morgan fingerprint density at radius 1 is 1.25 bits per heavy atom. The van der Waals surface area contributed by atoms with E-state index in [0.29, 0.717) is 12.8 Å². The molecule has 0 aliphatic heterocycles. The summed E-state index contributed by atoms with van der Waals surface area (Å²) in [5, 5.41) is 13.0. The number of hydrogen-bond acceptors (Lipinski definition) is 3. The van der Waals surface area contributed by atoms with E-state index in [0.717, 1.165) is 16.7 Å². The molecule has 1 aliphatic carbocycles. The molecule has 1 heterocycles. The Morgan fingerprint density at radius 2 is 2.00 bits per heavy atom. The third kappa shape index (κ3) is 2.56. The number of aromatic nitrogens is 1. The van der Waals surface area contributed by atoms with E-state index < -0.39 is 6.10 Å². The molecule has 0 bridgehead atoms. The number of benzene rings is 1. The average molecular weight is 268 g/mol. The zero-order valence-electron chi connectivity index (χ0n) is 11.0. The van der Waals surface area contributed by atoms with Crippen LogP contribution in [0.1, 0.15) is 22.7 Å². The van der Waals surface area contributed by atoms with Crippen LogP contribution >= 0.6 is 0 Å². The second kappa shape index (κ2) is 5.43. The lowest BCUT2D eigenvalue weighted by atomic mass is 10.1. The fraction of sp³-hybridized carbons (Fsp3) is 0.250. The van der Waals surface area contributed by atoms with Gasteiger partial charge in [-0.05, 0) is 28.8 Å². The van der Waals surface area contributed by atoms with Gasteiger partial charge in [0.15, 0.2) is 0 Å². The van der Waals surface area contributed by atoms with Gasteiger partial charge in [-0.3, -0.25) is 9.78 Å². The summed E-state index contributed by atoms with van der Waals surface area (Å²) in [6, 6.07) is 11.2. The Morgan fingerprint density at radius 3 is 2.80 bits per heavy atom. The lowest BCUT2D eigenvalue weighted by molar-refractivity contribution is -0.121. The number of nitrogens with one attached hydrogen (secondary N) is 1. The van der Waals surface area contributed by atoms with Crippen molar-refractivity contribution in [2.75, 3.05) is 0 Å².